The number of nitrogens with one attached hydrogen (secondary N) is 1. The van der Waals surface area contributed by atoms with Crippen LogP contribution in [0.2, 0.25) is 5.02 Å². The maximum Gasteiger partial charge on any atom is 0.252 e. The number of pyridine rings is 1. The second kappa shape index (κ2) is 7.75. The molecule has 0 aliphatic carbocycles. The van der Waals surface area contributed by atoms with Crippen molar-refractivity contribution in [2.45, 2.75) is 18.9 Å². The molecular weight excluding hydrogens is 442 g/mol. The topological polar surface area (TPSA) is 120 Å². The van der Waals surface area contributed by atoms with Gasteiger partial charge in [-0.3, -0.25) is 4.79 Å². The summed E-state index contributed by atoms with van der Waals surface area (Å²) >= 11 is 6.28. The lowest BCUT2D eigenvalue weighted by molar-refractivity contribution is 0.572. The number of nitrogens with zero attached hydrogens (tertiary/aromatic N) is 8. The smallest absolute Gasteiger partial charge is 0.252 e. The zero-order chi connectivity index (χ0) is 22.4. The minimum atomic E-state index is -0.171. The van der Waals surface area contributed by atoms with Crippen LogP contribution in [0.4, 0.5) is 0 Å². The Morgan fingerprint density at radius 2 is 2.06 bits per heavy atom. The maximum atomic E-state index is 13.3. The molecule has 162 valence electrons. The Kier molecular flexibility index (Phi) is 4.58. The number of aromatic amines is 1. The summed E-state index contributed by atoms with van der Waals surface area (Å²) < 4.78 is 3.35. The van der Waals surface area contributed by atoms with Crippen molar-refractivity contribution >= 4 is 11.6 Å². The second-order valence-electron chi connectivity index (χ2n) is 7.69. The summed E-state index contributed by atoms with van der Waals surface area (Å²) in [7, 11) is 0. The quantitative estimate of drug-likeness (QED) is 0.440. The van der Waals surface area contributed by atoms with E-state index < -0.39 is 0 Å². The van der Waals surface area contributed by atoms with Gasteiger partial charge in [0.25, 0.3) is 5.56 Å². The molecule has 0 spiro atoms. The van der Waals surface area contributed by atoms with E-state index in [0.29, 0.717) is 5.02 Å². The van der Waals surface area contributed by atoms with Crippen molar-refractivity contribution in [1.29, 1.82) is 0 Å². The molecule has 1 aliphatic rings. The number of H-pyrrole nitrogens is 1. The van der Waals surface area contributed by atoms with Crippen molar-refractivity contribution in [2.24, 2.45) is 0 Å². The molecule has 5 aromatic rings. The summed E-state index contributed by atoms with van der Waals surface area (Å²) in [5.41, 5.74) is 4.65. The first-order chi connectivity index (χ1) is 16.2. The van der Waals surface area contributed by atoms with Crippen molar-refractivity contribution in [3.8, 4) is 28.2 Å². The van der Waals surface area contributed by atoms with E-state index in [9.17, 15) is 4.79 Å². The standard InChI is InChI=1S/C22H16ClN9O/c23-14-1-3-19(31-12-27-29-30-31)16(9-14)13-7-15-2-4-20(32(15)21(33)8-13)22-25-10-18(28-22)17-5-6-24-11-26-17/h1,3,5-12,20H,2,4H2,(H,25,28)/t20-/m0/s1. The number of halogens is 1. The first-order valence-electron chi connectivity index (χ1n) is 10.3. The molecule has 11 heteroatoms. The van der Waals surface area contributed by atoms with Crippen molar-refractivity contribution in [2.75, 3.05) is 0 Å². The SMILES string of the molecule is O=c1cc(-c2cc(Cl)ccc2-n2cnnn2)cc2n1[C@H](c1ncc(-c3ccncn3)[nH]1)CC2. The van der Waals surface area contributed by atoms with E-state index in [1.54, 1.807) is 33.8 Å². The fourth-order valence-electron chi connectivity index (χ4n) is 4.31. The largest absolute Gasteiger partial charge is 0.339 e. The molecule has 6 rings (SSSR count). The number of hydrogen-bond donors (Lipinski definition) is 1. The highest BCUT2D eigenvalue weighted by atomic mass is 35.5. The Labute approximate surface area is 191 Å². The molecule has 1 N–H and O–H groups in total. The summed E-state index contributed by atoms with van der Waals surface area (Å²) in [6, 6.07) is 10.7. The lowest BCUT2D eigenvalue weighted by atomic mass is 10.0. The lowest BCUT2D eigenvalue weighted by Gasteiger charge is -2.15. The Morgan fingerprint density at radius 1 is 1.12 bits per heavy atom. The fraction of sp³-hybridized carbons (Fsp3) is 0.136. The van der Waals surface area contributed by atoms with Gasteiger partial charge in [-0.05, 0) is 59.2 Å². The molecule has 0 saturated heterocycles. The number of hydrogen-bond acceptors (Lipinski definition) is 7. The predicted octanol–water partition coefficient (Wildman–Crippen LogP) is 2.86. The van der Waals surface area contributed by atoms with Crippen LogP contribution in [0.1, 0.15) is 24.0 Å². The van der Waals surface area contributed by atoms with Gasteiger partial charge < -0.3 is 9.55 Å². The molecule has 10 nitrogen and oxygen atoms in total. The van der Waals surface area contributed by atoms with E-state index in [4.69, 9.17) is 11.6 Å². The number of tetrazole rings is 1. The number of aromatic nitrogens is 9. The molecule has 0 amide bonds. The van der Waals surface area contributed by atoms with Gasteiger partial charge in [-0.15, -0.1) is 5.10 Å². The zero-order valence-corrected chi connectivity index (χ0v) is 17.9. The average molecular weight is 458 g/mol. The van der Waals surface area contributed by atoms with Crippen LogP contribution < -0.4 is 5.56 Å². The van der Waals surface area contributed by atoms with Gasteiger partial charge in [-0.1, -0.05) is 11.6 Å². The maximum absolute atomic E-state index is 13.3. The summed E-state index contributed by atoms with van der Waals surface area (Å²) in [4.78, 5) is 29.3. The highest BCUT2D eigenvalue weighted by Crippen LogP contribution is 2.34. The van der Waals surface area contributed by atoms with E-state index in [2.05, 4.69) is 35.5 Å². The lowest BCUT2D eigenvalue weighted by Crippen LogP contribution is -2.23. The van der Waals surface area contributed by atoms with Crippen LogP contribution in [0, 0.1) is 0 Å². The molecule has 1 aliphatic heterocycles. The number of benzene rings is 1. The summed E-state index contributed by atoms with van der Waals surface area (Å²) in [6.07, 6.45) is 7.93. The van der Waals surface area contributed by atoms with E-state index in [1.165, 1.54) is 12.7 Å². The third kappa shape index (κ3) is 3.40. The molecule has 33 heavy (non-hydrogen) atoms. The molecular formula is C22H16ClN9O. The van der Waals surface area contributed by atoms with Crippen molar-refractivity contribution in [3.63, 3.8) is 0 Å². The second-order valence-corrected chi connectivity index (χ2v) is 8.13. The Morgan fingerprint density at radius 3 is 2.88 bits per heavy atom. The van der Waals surface area contributed by atoms with E-state index in [1.807, 2.05) is 24.3 Å². The van der Waals surface area contributed by atoms with Crippen molar-refractivity contribution in [3.05, 3.63) is 88.3 Å². The summed E-state index contributed by atoms with van der Waals surface area (Å²) in [5, 5.41) is 12.0. The summed E-state index contributed by atoms with van der Waals surface area (Å²) in [6.45, 7) is 0. The highest BCUT2D eigenvalue weighted by molar-refractivity contribution is 6.31. The van der Waals surface area contributed by atoms with Crippen LogP contribution >= 0.6 is 11.6 Å². The monoisotopic (exact) mass is 457 g/mol. The number of aryl methyl sites for hydroxylation is 1. The third-order valence-corrected chi connectivity index (χ3v) is 6.00. The van der Waals surface area contributed by atoms with E-state index >= 15 is 0 Å². The Hall–Kier alpha value is -4.18. The van der Waals surface area contributed by atoms with Crippen LogP contribution in [-0.4, -0.2) is 44.7 Å². The molecule has 4 aromatic heterocycles. The van der Waals surface area contributed by atoms with Gasteiger partial charge in [-0.2, -0.15) is 4.68 Å². The van der Waals surface area contributed by atoms with Gasteiger partial charge in [-0.25, -0.2) is 15.0 Å². The first kappa shape index (κ1) is 19.5. The molecule has 0 saturated carbocycles. The van der Waals surface area contributed by atoms with Crippen LogP contribution in [0.5, 0.6) is 0 Å². The van der Waals surface area contributed by atoms with Crippen molar-refractivity contribution in [1.82, 2.24) is 44.7 Å². The van der Waals surface area contributed by atoms with Crippen LogP contribution in [0.3, 0.4) is 0 Å². The molecule has 0 fully saturated rings. The third-order valence-electron chi connectivity index (χ3n) is 5.77. The van der Waals surface area contributed by atoms with Gasteiger partial charge in [0, 0.05) is 28.5 Å². The minimum absolute atomic E-state index is 0.104. The fourth-order valence-corrected chi connectivity index (χ4v) is 4.48. The molecule has 0 bridgehead atoms. The number of rotatable bonds is 4. The van der Waals surface area contributed by atoms with Crippen LogP contribution in [0.15, 0.2) is 66.2 Å². The van der Waals surface area contributed by atoms with Gasteiger partial charge in [0.05, 0.1) is 29.3 Å². The van der Waals surface area contributed by atoms with Gasteiger partial charge >= 0.3 is 0 Å². The van der Waals surface area contributed by atoms with E-state index in [-0.39, 0.29) is 11.6 Å². The Balaban J connectivity index is 1.40. The summed E-state index contributed by atoms with van der Waals surface area (Å²) in [5.74, 6) is 0.731. The predicted molar refractivity (Wildman–Crippen MR) is 120 cm³/mol. The number of imidazole rings is 1. The van der Waals surface area contributed by atoms with E-state index in [0.717, 1.165) is 52.6 Å². The highest BCUT2D eigenvalue weighted by Gasteiger charge is 2.28. The van der Waals surface area contributed by atoms with Crippen LogP contribution in [0.25, 0.3) is 28.2 Å². The van der Waals surface area contributed by atoms with Crippen LogP contribution in [-0.2, 0) is 6.42 Å². The molecule has 1 aromatic carbocycles. The minimum Gasteiger partial charge on any atom is -0.339 e. The Bertz CT molecular complexity index is 1510. The van der Waals surface area contributed by atoms with Crippen molar-refractivity contribution < 1.29 is 0 Å². The van der Waals surface area contributed by atoms with Gasteiger partial charge in [0.2, 0.25) is 0 Å². The number of fused-ring (bicyclic) bond motifs is 1. The normalized spacial score (nSPS) is 15.0. The van der Waals surface area contributed by atoms with Gasteiger partial charge in [0.15, 0.2) is 0 Å². The van der Waals surface area contributed by atoms with Gasteiger partial charge in [0.1, 0.15) is 18.5 Å². The molecule has 0 unspecified atom stereocenters. The molecule has 5 heterocycles. The zero-order valence-electron chi connectivity index (χ0n) is 17.1. The average Bonchev–Trinajstić information content (AvgIpc) is 3.60. The molecule has 1 atom stereocenters. The first-order valence-corrected chi connectivity index (χ1v) is 10.7. The molecule has 0 radical (unpaired) electrons.